The van der Waals surface area contributed by atoms with Crippen LogP contribution in [0, 0.1) is 11.3 Å². The van der Waals surface area contributed by atoms with Gasteiger partial charge in [-0.25, -0.2) is 4.68 Å². The molecular formula is C11H8N4O2. The highest BCUT2D eigenvalue weighted by atomic mass is 16.5. The number of nitriles is 1. The molecule has 2 aromatic rings. The second-order valence-electron chi connectivity index (χ2n) is 3.16. The van der Waals surface area contributed by atoms with E-state index in [1.54, 1.807) is 37.4 Å². The quantitative estimate of drug-likeness (QED) is 0.748. The molecule has 1 aromatic heterocycles. The molecule has 1 aromatic carbocycles. The minimum atomic E-state index is -0.633. The van der Waals surface area contributed by atoms with Crippen molar-refractivity contribution >= 4 is 0 Å². The standard InChI is InChI=1S/C11H8N4O2/c1-17-9-4-2-3-8(5-9)15-7-13-11(16)10(6-12)14-15/h2-5,7H,1H3. The summed E-state index contributed by atoms with van der Waals surface area (Å²) in [6.45, 7) is 0. The predicted octanol–water partition coefficient (Wildman–Crippen LogP) is 0.508. The van der Waals surface area contributed by atoms with Gasteiger partial charge in [0.15, 0.2) is 0 Å². The molecule has 6 nitrogen and oxygen atoms in total. The highest BCUT2D eigenvalue weighted by Gasteiger charge is 2.04. The summed E-state index contributed by atoms with van der Waals surface area (Å²) < 4.78 is 6.42. The summed E-state index contributed by atoms with van der Waals surface area (Å²) in [6.07, 6.45) is 1.26. The van der Waals surface area contributed by atoms with Gasteiger partial charge < -0.3 is 4.74 Å². The van der Waals surface area contributed by atoms with Crippen LogP contribution >= 0.6 is 0 Å². The van der Waals surface area contributed by atoms with Crippen molar-refractivity contribution < 1.29 is 4.74 Å². The van der Waals surface area contributed by atoms with Crippen molar-refractivity contribution in [3.05, 3.63) is 46.6 Å². The van der Waals surface area contributed by atoms with Crippen molar-refractivity contribution in [3.8, 4) is 17.5 Å². The van der Waals surface area contributed by atoms with Gasteiger partial charge in [-0.2, -0.15) is 10.2 Å². The largest absolute Gasteiger partial charge is 0.497 e. The van der Waals surface area contributed by atoms with Crippen molar-refractivity contribution in [2.75, 3.05) is 7.11 Å². The first-order chi connectivity index (χ1) is 8.24. The lowest BCUT2D eigenvalue weighted by molar-refractivity contribution is 0.414. The van der Waals surface area contributed by atoms with Crippen LogP contribution in [-0.2, 0) is 0 Å². The Bertz CT molecular complexity index is 642. The molecule has 0 bridgehead atoms. The molecule has 0 aliphatic heterocycles. The lowest BCUT2D eigenvalue weighted by Crippen LogP contribution is -2.17. The van der Waals surface area contributed by atoms with Crippen LogP contribution in [0.1, 0.15) is 5.69 Å². The van der Waals surface area contributed by atoms with Gasteiger partial charge in [0.1, 0.15) is 18.1 Å². The first kappa shape index (κ1) is 10.8. The van der Waals surface area contributed by atoms with Crippen LogP contribution in [-0.4, -0.2) is 21.9 Å². The van der Waals surface area contributed by atoms with Crippen LogP contribution in [0.2, 0.25) is 0 Å². The Morgan fingerprint density at radius 2 is 2.29 bits per heavy atom. The number of nitrogens with zero attached hydrogens (tertiary/aromatic N) is 4. The number of aromatic nitrogens is 3. The van der Waals surface area contributed by atoms with Crippen molar-refractivity contribution in [2.45, 2.75) is 0 Å². The minimum absolute atomic E-state index is 0.240. The minimum Gasteiger partial charge on any atom is -0.497 e. The fraction of sp³-hybridized carbons (Fsp3) is 0.0909. The Hall–Kier alpha value is -2.68. The summed E-state index contributed by atoms with van der Waals surface area (Å²) in [5.41, 5.74) is -0.213. The van der Waals surface area contributed by atoms with Gasteiger partial charge >= 0.3 is 5.56 Å². The maximum absolute atomic E-state index is 11.1. The van der Waals surface area contributed by atoms with Gasteiger partial charge in [-0.05, 0) is 12.1 Å². The van der Waals surface area contributed by atoms with E-state index in [2.05, 4.69) is 10.1 Å². The zero-order valence-electron chi connectivity index (χ0n) is 8.99. The summed E-state index contributed by atoms with van der Waals surface area (Å²) >= 11 is 0. The second kappa shape index (κ2) is 4.45. The van der Waals surface area contributed by atoms with Gasteiger partial charge in [0.25, 0.3) is 0 Å². The fourth-order valence-corrected chi connectivity index (χ4v) is 1.29. The molecule has 84 valence electrons. The number of methoxy groups -OCH3 is 1. The van der Waals surface area contributed by atoms with E-state index in [0.717, 1.165) is 0 Å². The molecule has 0 unspecified atom stereocenters. The number of benzene rings is 1. The van der Waals surface area contributed by atoms with E-state index in [9.17, 15) is 4.79 Å². The highest BCUT2D eigenvalue weighted by Crippen LogP contribution is 2.14. The van der Waals surface area contributed by atoms with Gasteiger partial charge in [-0.1, -0.05) is 6.07 Å². The Morgan fingerprint density at radius 3 is 3.00 bits per heavy atom. The maximum atomic E-state index is 11.1. The molecule has 2 rings (SSSR count). The van der Waals surface area contributed by atoms with Crippen molar-refractivity contribution in [1.29, 1.82) is 5.26 Å². The molecule has 0 N–H and O–H groups in total. The zero-order chi connectivity index (χ0) is 12.3. The second-order valence-corrected chi connectivity index (χ2v) is 3.16. The van der Waals surface area contributed by atoms with Crippen LogP contribution in [0.3, 0.4) is 0 Å². The van der Waals surface area contributed by atoms with Crippen molar-refractivity contribution in [3.63, 3.8) is 0 Å². The zero-order valence-corrected chi connectivity index (χ0v) is 8.99. The van der Waals surface area contributed by atoms with Crippen LogP contribution in [0.25, 0.3) is 5.69 Å². The topological polar surface area (TPSA) is 80.8 Å². The SMILES string of the molecule is COc1cccc(-n2cnc(=O)c(C#N)n2)c1. The summed E-state index contributed by atoms with van der Waals surface area (Å²) in [4.78, 5) is 14.7. The Labute approximate surface area is 96.7 Å². The molecular weight excluding hydrogens is 220 g/mol. The molecule has 0 aliphatic carbocycles. The van der Waals surface area contributed by atoms with E-state index in [4.69, 9.17) is 10.00 Å². The third kappa shape index (κ3) is 2.13. The average Bonchev–Trinajstić information content (AvgIpc) is 2.39. The number of hydrogen-bond donors (Lipinski definition) is 0. The van der Waals surface area contributed by atoms with E-state index in [-0.39, 0.29) is 5.69 Å². The van der Waals surface area contributed by atoms with Crippen LogP contribution < -0.4 is 10.3 Å². The van der Waals surface area contributed by atoms with E-state index in [0.29, 0.717) is 11.4 Å². The van der Waals surface area contributed by atoms with Gasteiger partial charge in [-0.3, -0.25) is 4.79 Å². The predicted molar refractivity (Wildman–Crippen MR) is 58.9 cm³/mol. The van der Waals surface area contributed by atoms with E-state index in [1.165, 1.54) is 11.0 Å². The van der Waals surface area contributed by atoms with Crippen molar-refractivity contribution in [2.24, 2.45) is 0 Å². The lowest BCUT2D eigenvalue weighted by Gasteiger charge is -2.05. The van der Waals surface area contributed by atoms with Crippen LogP contribution in [0.4, 0.5) is 0 Å². The molecule has 0 amide bonds. The number of hydrogen-bond acceptors (Lipinski definition) is 5. The third-order valence-electron chi connectivity index (χ3n) is 2.12. The molecule has 0 atom stereocenters. The van der Waals surface area contributed by atoms with Crippen molar-refractivity contribution in [1.82, 2.24) is 14.8 Å². The van der Waals surface area contributed by atoms with Gasteiger partial charge in [0.05, 0.1) is 12.8 Å². The third-order valence-corrected chi connectivity index (χ3v) is 2.12. The molecule has 6 heteroatoms. The Balaban J connectivity index is 2.53. The lowest BCUT2D eigenvalue weighted by atomic mass is 10.3. The molecule has 0 fully saturated rings. The summed E-state index contributed by atoms with van der Waals surface area (Å²) in [5, 5.41) is 12.6. The molecule has 17 heavy (non-hydrogen) atoms. The Morgan fingerprint density at radius 1 is 1.47 bits per heavy atom. The monoisotopic (exact) mass is 228 g/mol. The van der Waals surface area contributed by atoms with Gasteiger partial charge in [0, 0.05) is 6.07 Å². The first-order valence-corrected chi connectivity index (χ1v) is 4.75. The summed E-state index contributed by atoms with van der Waals surface area (Å²) in [7, 11) is 1.55. The molecule has 0 saturated carbocycles. The van der Waals surface area contributed by atoms with Gasteiger partial charge in [0.2, 0.25) is 5.69 Å². The average molecular weight is 228 g/mol. The summed E-state index contributed by atoms with van der Waals surface area (Å²) in [5.74, 6) is 0.654. The fourth-order valence-electron chi connectivity index (χ4n) is 1.29. The van der Waals surface area contributed by atoms with E-state index >= 15 is 0 Å². The highest BCUT2D eigenvalue weighted by molar-refractivity contribution is 5.38. The smallest absolute Gasteiger partial charge is 0.309 e. The molecule has 0 radical (unpaired) electrons. The van der Waals surface area contributed by atoms with Gasteiger partial charge in [-0.15, -0.1) is 5.10 Å². The van der Waals surface area contributed by atoms with Crippen LogP contribution in [0.15, 0.2) is 35.4 Å². The molecule has 1 heterocycles. The molecule has 0 saturated heterocycles. The number of rotatable bonds is 2. The van der Waals surface area contributed by atoms with E-state index in [1.807, 2.05) is 0 Å². The maximum Gasteiger partial charge on any atom is 0.309 e. The normalized spacial score (nSPS) is 9.65. The molecule has 0 spiro atoms. The Kier molecular flexibility index (Phi) is 2.83. The molecule has 0 aliphatic rings. The summed E-state index contributed by atoms with van der Waals surface area (Å²) in [6, 6.07) is 8.75. The van der Waals surface area contributed by atoms with Crippen LogP contribution in [0.5, 0.6) is 5.75 Å². The van der Waals surface area contributed by atoms with E-state index < -0.39 is 5.56 Å². The number of ether oxygens (including phenoxy) is 1. The first-order valence-electron chi connectivity index (χ1n) is 4.75.